The maximum absolute atomic E-state index is 14.0. The molecule has 0 aliphatic carbocycles. The van der Waals surface area contributed by atoms with E-state index in [4.69, 9.17) is 14.6 Å². The molecule has 0 amide bonds. The van der Waals surface area contributed by atoms with Gasteiger partial charge in [0.25, 0.3) is 0 Å². The highest BCUT2D eigenvalue weighted by atomic mass is 19.1. The van der Waals surface area contributed by atoms with Crippen LogP contribution in [0.25, 0.3) is 11.3 Å². The lowest BCUT2D eigenvalue weighted by atomic mass is 10.1. The molecule has 1 N–H and O–H groups in total. The average molecular weight is 264 g/mol. The second-order valence-corrected chi connectivity index (χ2v) is 4.03. The highest BCUT2D eigenvalue weighted by Crippen LogP contribution is 2.37. The molecule has 0 unspecified atom stereocenters. The van der Waals surface area contributed by atoms with Crippen LogP contribution in [-0.2, 0) is 7.05 Å². The van der Waals surface area contributed by atoms with Crippen LogP contribution < -0.4 is 9.47 Å². The molecule has 7 heteroatoms. The fraction of sp³-hybridized carbons (Fsp3) is 0.167. The van der Waals surface area contributed by atoms with Gasteiger partial charge in [0, 0.05) is 18.7 Å². The summed E-state index contributed by atoms with van der Waals surface area (Å²) in [6.07, 6.45) is 0. The quantitative estimate of drug-likeness (QED) is 0.892. The third-order valence-electron chi connectivity index (χ3n) is 2.84. The molecule has 1 aliphatic heterocycles. The van der Waals surface area contributed by atoms with E-state index in [2.05, 4.69) is 5.10 Å². The summed E-state index contributed by atoms with van der Waals surface area (Å²) in [5.41, 5.74) is 0.425. The zero-order valence-corrected chi connectivity index (χ0v) is 9.88. The molecule has 1 aromatic heterocycles. The Hall–Kier alpha value is -2.57. The van der Waals surface area contributed by atoms with Crippen LogP contribution in [-0.4, -0.2) is 27.6 Å². The van der Waals surface area contributed by atoms with E-state index >= 15 is 0 Å². The van der Waals surface area contributed by atoms with Gasteiger partial charge in [-0.3, -0.25) is 4.68 Å². The van der Waals surface area contributed by atoms with Gasteiger partial charge in [0.2, 0.25) is 6.79 Å². The molecule has 2 aromatic rings. The van der Waals surface area contributed by atoms with Crippen molar-refractivity contribution >= 4 is 5.97 Å². The Balaban J connectivity index is 2.14. The molecule has 0 radical (unpaired) electrons. The van der Waals surface area contributed by atoms with Gasteiger partial charge in [-0.2, -0.15) is 5.10 Å². The van der Waals surface area contributed by atoms with Gasteiger partial charge in [-0.15, -0.1) is 0 Å². The summed E-state index contributed by atoms with van der Waals surface area (Å²) in [7, 11) is 1.55. The van der Waals surface area contributed by atoms with Crippen molar-refractivity contribution in [3.05, 3.63) is 29.7 Å². The lowest BCUT2D eigenvalue weighted by Gasteiger charge is -2.05. The summed E-state index contributed by atoms with van der Waals surface area (Å²) in [4.78, 5) is 10.9. The number of benzene rings is 1. The summed E-state index contributed by atoms with van der Waals surface area (Å²) in [5.74, 6) is -0.927. The Labute approximate surface area is 107 Å². The molecule has 1 aromatic carbocycles. The number of carboxylic acid groups (broad SMARTS) is 1. The number of aryl methyl sites for hydroxylation is 1. The lowest BCUT2D eigenvalue weighted by Crippen LogP contribution is -1.99. The van der Waals surface area contributed by atoms with Gasteiger partial charge >= 0.3 is 5.97 Å². The number of carbonyl (C=O) groups is 1. The zero-order valence-electron chi connectivity index (χ0n) is 9.88. The molecule has 98 valence electrons. The molecule has 1 aliphatic rings. The fourth-order valence-electron chi connectivity index (χ4n) is 1.94. The normalized spacial score (nSPS) is 12.7. The second-order valence-electron chi connectivity index (χ2n) is 4.03. The van der Waals surface area contributed by atoms with E-state index < -0.39 is 11.8 Å². The minimum atomic E-state index is -1.16. The first kappa shape index (κ1) is 11.5. The molecule has 0 saturated heterocycles. The van der Waals surface area contributed by atoms with Crippen molar-refractivity contribution in [1.82, 2.24) is 9.78 Å². The first-order valence-electron chi connectivity index (χ1n) is 5.43. The number of rotatable bonds is 2. The average Bonchev–Trinajstić information content (AvgIpc) is 2.94. The number of carboxylic acids is 1. The van der Waals surface area contributed by atoms with E-state index in [1.807, 2.05) is 0 Å². The van der Waals surface area contributed by atoms with Crippen molar-refractivity contribution in [2.45, 2.75) is 0 Å². The topological polar surface area (TPSA) is 73.6 Å². The van der Waals surface area contributed by atoms with E-state index in [0.717, 1.165) is 0 Å². The maximum atomic E-state index is 14.0. The second kappa shape index (κ2) is 3.98. The Morgan fingerprint density at radius 2 is 2.05 bits per heavy atom. The summed E-state index contributed by atoms with van der Waals surface area (Å²) >= 11 is 0. The van der Waals surface area contributed by atoms with Crippen LogP contribution in [0.15, 0.2) is 18.2 Å². The molecule has 0 spiro atoms. The molecule has 0 fully saturated rings. The SMILES string of the molecule is Cn1nc(C(=O)O)cc1-c1cc2c(cc1F)OCO2. The van der Waals surface area contributed by atoms with Crippen molar-refractivity contribution in [2.75, 3.05) is 6.79 Å². The first-order valence-corrected chi connectivity index (χ1v) is 5.43. The van der Waals surface area contributed by atoms with Gasteiger partial charge in [0.15, 0.2) is 17.2 Å². The summed E-state index contributed by atoms with van der Waals surface area (Å²) in [6.45, 7) is 0.0456. The van der Waals surface area contributed by atoms with E-state index in [1.54, 1.807) is 7.05 Å². The molecule has 3 rings (SSSR count). The maximum Gasteiger partial charge on any atom is 0.356 e. The summed E-state index contributed by atoms with van der Waals surface area (Å²) < 4.78 is 25.5. The van der Waals surface area contributed by atoms with Gasteiger partial charge in [-0.05, 0) is 12.1 Å². The smallest absolute Gasteiger partial charge is 0.356 e. The molecule has 0 bridgehead atoms. The van der Waals surface area contributed by atoms with Gasteiger partial charge in [0.05, 0.1) is 5.69 Å². The van der Waals surface area contributed by atoms with Crippen molar-refractivity contribution in [3.63, 3.8) is 0 Å². The summed E-state index contributed by atoms with van der Waals surface area (Å²) in [6, 6.07) is 3.99. The van der Waals surface area contributed by atoms with Crippen LogP contribution in [0.3, 0.4) is 0 Å². The molecule has 19 heavy (non-hydrogen) atoms. The number of aromatic nitrogens is 2. The predicted octanol–water partition coefficient (Wildman–Crippen LogP) is 1.65. The third-order valence-corrected chi connectivity index (χ3v) is 2.84. The summed E-state index contributed by atoms with van der Waals surface area (Å²) in [5, 5.41) is 12.7. The largest absolute Gasteiger partial charge is 0.476 e. The number of nitrogens with zero attached hydrogens (tertiary/aromatic N) is 2. The number of hydrogen-bond acceptors (Lipinski definition) is 4. The number of hydrogen-bond donors (Lipinski definition) is 1. The Morgan fingerprint density at radius 1 is 1.37 bits per heavy atom. The Morgan fingerprint density at radius 3 is 2.68 bits per heavy atom. The van der Waals surface area contributed by atoms with Crippen molar-refractivity contribution in [3.8, 4) is 22.8 Å². The number of halogens is 1. The number of fused-ring (bicyclic) bond motifs is 1. The van der Waals surface area contributed by atoms with E-state index in [9.17, 15) is 9.18 Å². The van der Waals surface area contributed by atoms with Crippen molar-refractivity contribution < 1.29 is 23.8 Å². The Kier molecular flexibility index (Phi) is 2.41. The van der Waals surface area contributed by atoms with Gasteiger partial charge in [0.1, 0.15) is 5.82 Å². The number of ether oxygens (including phenoxy) is 2. The van der Waals surface area contributed by atoms with Gasteiger partial charge in [-0.25, -0.2) is 9.18 Å². The van der Waals surface area contributed by atoms with Crippen molar-refractivity contribution in [2.24, 2.45) is 7.05 Å². The van der Waals surface area contributed by atoms with Crippen LogP contribution in [0.2, 0.25) is 0 Å². The van der Waals surface area contributed by atoms with Crippen LogP contribution in [0, 0.1) is 5.82 Å². The van der Waals surface area contributed by atoms with E-state index in [0.29, 0.717) is 17.2 Å². The van der Waals surface area contributed by atoms with Gasteiger partial charge in [-0.1, -0.05) is 0 Å². The Bertz CT molecular complexity index is 681. The molecule has 6 nitrogen and oxygen atoms in total. The van der Waals surface area contributed by atoms with Gasteiger partial charge < -0.3 is 14.6 Å². The molecule has 2 heterocycles. The molecular formula is C12H9FN2O4. The van der Waals surface area contributed by atoms with Crippen LogP contribution >= 0.6 is 0 Å². The standard InChI is InChI=1S/C12H9FN2O4/c1-15-9(4-8(14-15)12(16)17)6-2-10-11(3-7(6)13)19-5-18-10/h2-4H,5H2,1H3,(H,16,17). The van der Waals surface area contributed by atoms with E-state index in [1.165, 1.54) is 22.9 Å². The number of aromatic carboxylic acids is 1. The lowest BCUT2D eigenvalue weighted by molar-refractivity contribution is 0.0689. The predicted molar refractivity (Wildman–Crippen MR) is 61.7 cm³/mol. The molecule has 0 atom stereocenters. The minimum absolute atomic E-state index is 0.0456. The van der Waals surface area contributed by atoms with Crippen LogP contribution in [0.5, 0.6) is 11.5 Å². The highest BCUT2D eigenvalue weighted by Gasteiger charge is 2.21. The molecule has 0 saturated carbocycles. The monoisotopic (exact) mass is 264 g/mol. The van der Waals surface area contributed by atoms with Crippen molar-refractivity contribution in [1.29, 1.82) is 0 Å². The molecular weight excluding hydrogens is 255 g/mol. The highest BCUT2D eigenvalue weighted by molar-refractivity contribution is 5.87. The van der Waals surface area contributed by atoms with E-state index in [-0.39, 0.29) is 18.1 Å². The minimum Gasteiger partial charge on any atom is -0.476 e. The first-order chi connectivity index (χ1) is 9.06. The van der Waals surface area contributed by atoms with Crippen LogP contribution in [0.1, 0.15) is 10.5 Å². The third kappa shape index (κ3) is 1.79. The van der Waals surface area contributed by atoms with Crippen LogP contribution in [0.4, 0.5) is 4.39 Å². The fourth-order valence-corrected chi connectivity index (χ4v) is 1.94. The zero-order chi connectivity index (χ0) is 13.6.